The van der Waals surface area contributed by atoms with Gasteiger partial charge >= 0.3 is 7.82 Å². The molecule has 0 bridgehead atoms. The van der Waals surface area contributed by atoms with Crippen molar-refractivity contribution in [2.24, 2.45) is 0 Å². The second-order valence-corrected chi connectivity index (χ2v) is 6.30. The largest absolute Gasteiger partial charge is 0.473 e. The van der Waals surface area contributed by atoms with Crippen molar-refractivity contribution in [3.8, 4) is 0 Å². The summed E-state index contributed by atoms with van der Waals surface area (Å²) in [5.41, 5.74) is 6.49. The van der Waals surface area contributed by atoms with Crippen molar-refractivity contribution < 1.29 is 28.3 Å². The minimum Gasteiger partial charge on any atom is -0.394 e. The van der Waals surface area contributed by atoms with E-state index in [9.17, 15) is 14.6 Å². The summed E-state index contributed by atoms with van der Waals surface area (Å²) in [6.45, 7) is -0.384. The van der Waals surface area contributed by atoms with Gasteiger partial charge in [0.15, 0.2) is 17.7 Å². The number of imidazole rings is 1. The van der Waals surface area contributed by atoms with E-state index in [0.717, 1.165) is 0 Å². The minimum atomic E-state index is -4.16. The van der Waals surface area contributed by atoms with E-state index in [4.69, 9.17) is 19.5 Å². The monoisotopic (exact) mass is 352 g/mol. The van der Waals surface area contributed by atoms with Crippen LogP contribution in [0.3, 0.4) is 0 Å². The number of phosphoric ester groups is 1. The molecule has 0 spiro atoms. The Labute approximate surface area is 151 Å². The maximum Gasteiger partial charge on any atom is 0.473 e. The van der Waals surface area contributed by atoms with E-state index >= 15 is 0 Å². The molecule has 1 unspecified atom stereocenters. The zero-order chi connectivity index (χ0) is 15.5. The van der Waals surface area contributed by atoms with Gasteiger partial charge in [-0.25, -0.2) is 19.5 Å². The molecule has 1 radical (unpaired) electrons. The molecule has 0 saturated carbocycles. The van der Waals surface area contributed by atoms with Crippen LogP contribution in [-0.2, 0) is 18.3 Å². The number of fused-ring (bicyclic) bond motifs is 2. The number of nitrogen functional groups attached to an aromatic ring is 1. The van der Waals surface area contributed by atoms with Crippen LogP contribution in [0.1, 0.15) is 6.23 Å². The van der Waals surface area contributed by atoms with Crippen LogP contribution >= 0.6 is 7.82 Å². The third-order valence-corrected chi connectivity index (χ3v) is 4.66. The average Bonchev–Trinajstić information content (AvgIpc) is 3.10. The molecule has 2 aromatic heterocycles. The molecule has 0 aliphatic carbocycles. The van der Waals surface area contributed by atoms with Crippen molar-refractivity contribution >= 4 is 54.4 Å². The summed E-state index contributed by atoms with van der Waals surface area (Å²) < 4.78 is 28.8. The first-order chi connectivity index (χ1) is 10.5. The first kappa shape index (κ1) is 17.2. The fourth-order valence-electron chi connectivity index (χ4n) is 2.71. The maximum absolute atomic E-state index is 11.6. The molecule has 4 heterocycles. The van der Waals surface area contributed by atoms with Gasteiger partial charge in [0.1, 0.15) is 30.2 Å². The maximum atomic E-state index is 11.6. The number of rotatable bonds is 2. The van der Waals surface area contributed by atoms with E-state index in [1.54, 1.807) is 0 Å². The van der Waals surface area contributed by atoms with Crippen LogP contribution < -0.4 is 5.73 Å². The number of anilines is 1. The van der Waals surface area contributed by atoms with Crippen LogP contribution in [0.15, 0.2) is 12.7 Å². The second-order valence-electron chi connectivity index (χ2n) is 4.94. The van der Waals surface area contributed by atoms with Crippen LogP contribution in [0.25, 0.3) is 11.2 Å². The third kappa shape index (κ3) is 2.72. The summed E-state index contributed by atoms with van der Waals surface area (Å²) in [6.07, 6.45) is -0.668. The molecule has 23 heavy (non-hydrogen) atoms. The fourth-order valence-corrected chi connectivity index (χ4v) is 3.85. The molecular weight excluding hydrogens is 340 g/mol. The van der Waals surface area contributed by atoms with Crippen molar-refractivity contribution in [3.63, 3.8) is 0 Å². The SMILES string of the molecule is Nc1ncnc2c1ncn2[C@@H]1O[C@H](CO)[C@H]2OP(=O)(O)O[C@H]21.[Na]. The Morgan fingerprint density at radius 1 is 1.30 bits per heavy atom. The van der Waals surface area contributed by atoms with Gasteiger partial charge in [0, 0.05) is 29.6 Å². The Morgan fingerprint density at radius 3 is 2.78 bits per heavy atom. The van der Waals surface area contributed by atoms with Crippen LogP contribution in [0.2, 0.25) is 0 Å². The molecule has 0 aromatic carbocycles. The van der Waals surface area contributed by atoms with Crippen molar-refractivity contribution in [3.05, 3.63) is 12.7 Å². The first-order valence-corrected chi connectivity index (χ1v) is 7.88. The summed E-state index contributed by atoms with van der Waals surface area (Å²) in [5, 5.41) is 9.35. The minimum absolute atomic E-state index is 0. The Kier molecular flexibility index (Phi) is 4.51. The van der Waals surface area contributed by atoms with Crippen molar-refractivity contribution in [1.29, 1.82) is 0 Å². The van der Waals surface area contributed by atoms with E-state index in [2.05, 4.69) is 15.0 Å². The predicted octanol–water partition coefficient (Wildman–Crippen LogP) is -1.20. The zero-order valence-corrected chi connectivity index (χ0v) is 14.9. The smallest absolute Gasteiger partial charge is 0.394 e. The molecule has 11 nitrogen and oxygen atoms in total. The number of hydrogen-bond donors (Lipinski definition) is 3. The molecular formula is C10H12N5NaO6P. The molecule has 4 N–H and O–H groups in total. The Hall–Kier alpha value is -0.620. The predicted molar refractivity (Wildman–Crippen MR) is 76.1 cm³/mol. The quantitative estimate of drug-likeness (QED) is 0.443. The summed E-state index contributed by atoms with van der Waals surface area (Å²) in [7, 11) is -4.16. The molecule has 2 fully saturated rings. The van der Waals surface area contributed by atoms with Gasteiger partial charge in [-0.05, 0) is 0 Å². The normalized spacial score (nSPS) is 36.1. The number of aliphatic hydroxyl groups excluding tert-OH is 1. The van der Waals surface area contributed by atoms with Crippen molar-refractivity contribution in [1.82, 2.24) is 19.5 Å². The van der Waals surface area contributed by atoms with E-state index < -0.39 is 32.4 Å². The Balaban J connectivity index is 0.00000156. The van der Waals surface area contributed by atoms with Gasteiger partial charge in [-0.15, -0.1) is 0 Å². The van der Waals surface area contributed by atoms with Gasteiger partial charge in [-0.2, -0.15) is 0 Å². The number of nitrogens with zero attached hydrogens (tertiary/aromatic N) is 4. The Bertz CT molecular complexity index is 788. The molecule has 4 rings (SSSR count). The van der Waals surface area contributed by atoms with E-state index in [1.807, 2.05) is 0 Å². The van der Waals surface area contributed by atoms with Crippen LogP contribution in [0.4, 0.5) is 5.82 Å². The summed E-state index contributed by atoms with van der Waals surface area (Å²) in [5.74, 6) is 0.202. The fraction of sp³-hybridized carbons (Fsp3) is 0.500. The average molecular weight is 352 g/mol. The molecule has 2 saturated heterocycles. The van der Waals surface area contributed by atoms with Gasteiger partial charge in [-0.3, -0.25) is 13.6 Å². The summed E-state index contributed by atoms with van der Waals surface area (Å²) in [4.78, 5) is 21.5. The first-order valence-electron chi connectivity index (χ1n) is 6.39. The van der Waals surface area contributed by atoms with Gasteiger partial charge in [0.2, 0.25) is 0 Å². The number of ether oxygens (including phenoxy) is 1. The second kappa shape index (κ2) is 6.03. The van der Waals surface area contributed by atoms with E-state index in [0.29, 0.717) is 11.2 Å². The number of nitrogens with two attached hydrogens (primary N) is 1. The zero-order valence-electron chi connectivity index (χ0n) is 12.0. The van der Waals surface area contributed by atoms with Crippen LogP contribution in [0, 0.1) is 0 Å². The third-order valence-electron chi connectivity index (χ3n) is 3.64. The molecule has 5 atom stereocenters. The molecule has 2 aliphatic rings. The van der Waals surface area contributed by atoms with Crippen LogP contribution in [0.5, 0.6) is 0 Å². The molecule has 2 aromatic rings. The Morgan fingerprint density at radius 2 is 2.04 bits per heavy atom. The van der Waals surface area contributed by atoms with E-state index in [1.165, 1.54) is 17.2 Å². The molecule has 0 amide bonds. The standard InChI is InChI=1S/C10H12N5O6P.Na/c11-8-5-9(13-2-12-8)15(3-14-5)10-7-6(4(1-16)19-10)20-22(17,18)21-7;/h2-4,6-7,10,16H,1H2,(H,17,18)(H2,11,12,13);/t4-,6-,7-,10-;/m1./s1. The van der Waals surface area contributed by atoms with Crippen molar-refractivity contribution in [2.75, 3.05) is 12.3 Å². The van der Waals surface area contributed by atoms with Gasteiger partial charge < -0.3 is 20.5 Å². The number of hydrogen-bond acceptors (Lipinski definition) is 9. The topological polar surface area (TPSA) is 155 Å². The number of aliphatic hydroxyl groups is 1. The number of phosphoric acid groups is 1. The van der Waals surface area contributed by atoms with Crippen molar-refractivity contribution in [2.45, 2.75) is 24.5 Å². The van der Waals surface area contributed by atoms with Crippen LogP contribution in [-0.4, -0.2) is 84.0 Å². The van der Waals surface area contributed by atoms with E-state index in [-0.39, 0.29) is 42.0 Å². The van der Waals surface area contributed by atoms with Gasteiger partial charge in [0.05, 0.1) is 12.9 Å². The summed E-state index contributed by atoms with van der Waals surface area (Å²) in [6, 6.07) is 0. The molecule has 2 aliphatic heterocycles. The van der Waals surface area contributed by atoms with Gasteiger partial charge in [0.25, 0.3) is 0 Å². The molecule has 13 heteroatoms. The van der Waals surface area contributed by atoms with Gasteiger partial charge in [-0.1, -0.05) is 0 Å². The number of aromatic nitrogens is 4. The molecule has 119 valence electrons. The summed E-state index contributed by atoms with van der Waals surface area (Å²) >= 11 is 0.